The van der Waals surface area contributed by atoms with E-state index in [2.05, 4.69) is 15.5 Å². The minimum atomic E-state index is -4.71. The lowest BCUT2D eigenvalue weighted by Gasteiger charge is -2.06. The molecule has 0 aliphatic carbocycles. The summed E-state index contributed by atoms with van der Waals surface area (Å²) in [7, 11) is 1.31. The van der Waals surface area contributed by atoms with Crippen molar-refractivity contribution in [1.82, 2.24) is 24.9 Å². The molecule has 0 aliphatic rings. The van der Waals surface area contributed by atoms with Crippen molar-refractivity contribution in [2.24, 2.45) is 7.05 Å². The summed E-state index contributed by atoms with van der Waals surface area (Å²) < 4.78 is 54.2. The molecule has 2 heterocycles. The number of aromatic nitrogens is 4. The van der Waals surface area contributed by atoms with Crippen LogP contribution in [0.1, 0.15) is 21.7 Å². The number of carbonyl (C=O) groups is 1. The van der Waals surface area contributed by atoms with Gasteiger partial charge in [-0.15, -0.1) is 0 Å². The Hall–Kier alpha value is -3.17. The van der Waals surface area contributed by atoms with Crippen molar-refractivity contribution < 1.29 is 22.4 Å². The van der Waals surface area contributed by atoms with Gasteiger partial charge in [-0.3, -0.25) is 9.48 Å². The lowest BCUT2D eigenvalue weighted by atomic mass is 10.2. The van der Waals surface area contributed by atoms with E-state index >= 15 is 0 Å². The zero-order chi connectivity index (χ0) is 19.6. The van der Waals surface area contributed by atoms with Gasteiger partial charge in [0.05, 0.1) is 16.9 Å². The molecular weight excluding hydrogens is 366 g/mol. The fourth-order valence-corrected chi connectivity index (χ4v) is 2.50. The molecule has 3 aromatic rings. The average Bonchev–Trinajstić information content (AvgIpc) is 3.22. The lowest BCUT2D eigenvalue weighted by Crippen LogP contribution is -2.27. The molecule has 0 fully saturated rings. The Morgan fingerprint density at radius 3 is 2.52 bits per heavy atom. The van der Waals surface area contributed by atoms with E-state index in [1.165, 1.54) is 19.2 Å². The van der Waals surface area contributed by atoms with Crippen LogP contribution in [0.5, 0.6) is 0 Å². The quantitative estimate of drug-likeness (QED) is 0.692. The zero-order valence-electron chi connectivity index (χ0n) is 14.2. The predicted octanol–water partition coefficient (Wildman–Crippen LogP) is 2.74. The van der Waals surface area contributed by atoms with E-state index in [9.17, 15) is 22.4 Å². The summed E-state index contributed by atoms with van der Waals surface area (Å²) in [6.07, 6.45) is -1.68. The molecule has 0 atom stereocenters. The summed E-state index contributed by atoms with van der Waals surface area (Å²) in [6, 6.07) is 7.46. The smallest absolute Gasteiger partial charge is 0.352 e. The van der Waals surface area contributed by atoms with E-state index in [0.29, 0.717) is 17.8 Å². The first kappa shape index (κ1) is 18.6. The van der Waals surface area contributed by atoms with Crippen molar-refractivity contribution in [1.29, 1.82) is 0 Å². The van der Waals surface area contributed by atoms with Gasteiger partial charge in [0.25, 0.3) is 5.91 Å². The van der Waals surface area contributed by atoms with Crippen LogP contribution in [0.4, 0.5) is 17.6 Å². The molecule has 1 N–H and O–H groups in total. The lowest BCUT2D eigenvalue weighted by molar-refractivity contribution is -0.141. The second kappa shape index (κ2) is 7.22. The van der Waals surface area contributed by atoms with Gasteiger partial charge in [0, 0.05) is 32.4 Å². The predicted molar refractivity (Wildman–Crippen MR) is 87.8 cm³/mol. The first-order chi connectivity index (χ1) is 12.7. The minimum absolute atomic E-state index is 0.103. The van der Waals surface area contributed by atoms with Crippen LogP contribution >= 0.6 is 0 Å². The van der Waals surface area contributed by atoms with Gasteiger partial charge in [0.2, 0.25) is 0 Å². The number of nitrogens with zero attached hydrogens (tertiary/aromatic N) is 4. The van der Waals surface area contributed by atoms with Crippen LogP contribution in [-0.4, -0.2) is 32.0 Å². The first-order valence-corrected chi connectivity index (χ1v) is 7.93. The largest absolute Gasteiger partial charge is 0.435 e. The highest BCUT2D eigenvalue weighted by Crippen LogP contribution is 2.30. The van der Waals surface area contributed by atoms with Crippen molar-refractivity contribution >= 4 is 5.91 Å². The molecule has 0 unspecified atom stereocenters. The minimum Gasteiger partial charge on any atom is -0.352 e. The highest BCUT2D eigenvalue weighted by atomic mass is 19.4. The molecule has 0 bridgehead atoms. The van der Waals surface area contributed by atoms with E-state index in [-0.39, 0.29) is 12.4 Å². The van der Waals surface area contributed by atoms with Crippen molar-refractivity contribution in [2.75, 3.05) is 6.54 Å². The Balaban J connectivity index is 1.61. The Morgan fingerprint density at radius 2 is 1.85 bits per heavy atom. The Labute approximate surface area is 151 Å². The van der Waals surface area contributed by atoms with E-state index in [1.54, 1.807) is 29.1 Å². The maximum absolute atomic E-state index is 12.9. The van der Waals surface area contributed by atoms with Gasteiger partial charge in [0.15, 0.2) is 5.69 Å². The monoisotopic (exact) mass is 381 g/mol. The number of halogens is 4. The number of benzene rings is 1. The maximum atomic E-state index is 12.9. The van der Waals surface area contributed by atoms with Crippen molar-refractivity contribution in [2.45, 2.75) is 12.6 Å². The molecule has 10 heteroatoms. The summed E-state index contributed by atoms with van der Waals surface area (Å²) in [5.74, 6) is -1.21. The molecule has 0 radical (unpaired) electrons. The summed E-state index contributed by atoms with van der Waals surface area (Å²) in [5, 5.41) is 10.0. The van der Waals surface area contributed by atoms with E-state index in [4.69, 9.17) is 0 Å². The van der Waals surface area contributed by atoms with Crippen LogP contribution in [-0.2, 0) is 19.6 Å². The highest BCUT2D eigenvalue weighted by Gasteiger charge is 2.38. The molecular formula is C17H15F4N5O. The van der Waals surface area contributed by atoms with Gasteiger partial charge < -0.3 is 5.32 Å². The molecule has 0 saturated heterocycles. The van der Waals surface area contributed by atoms with Crippen molar-refractivity contribution in [3.63, 3.8) is 0 Å². The van der Waals surface area contributed by atoms with Gasteiger partial charge in [-0.2, -0.15) is 23.4 Å². The summed E-state index contributed by atoms with van der Waals surface area (Å²) in [6.45, 7) is 0.103. The fraction of sp³-hybridized carbons (Fsp3) is 0.235. The third kappa shape index (κ3) is 4.33. The van der Waals surface area contributed by atoms with Crippen LogP contribution in [0.25, 0.3) is 5.69 Å². The third-order valence-corrected chi connectivity index (χ3v) is 3.74. The van der Waals surface area contributed by atoms with Crippen LogP contribution < -0.4 is 5.32 Å². The number of amides is 1. The van der Waals surface area contributed by atoms with Gasteiger partial charge in [-0.1, -0.05) is 0 Å². The number of nitrogens with one attached hydrogen (secondary N) is 1. The van der Waals surface area contributed by atoms with Crippen LogP contribution in [0.15, 0.2) is 42.7 Å². The van der Waals surface area contributed by atoms with Crippen LogP contribution in [0.2, 0.25) is 0 Å². The fourth-order valence-electron chi connectivity index (χ4n) is 2.50. The standard InChI is InChI=1S/C17H15F4N5O/c1-25-10-14(15(24-25)17(19,20)21)16(27)22-8-6-12-7-9-26(23-12)13-4-2-11(18)3-5-13/h2-5,7,9-10H,6,8H2,1H3,(H,22,27). The molecule has 0 aliphatic heterocycles. The van der Waals surface area contributed by atoms with Gasteiger partial charge in [0.1, 0.15) is 5.82 Å². The van der Waals surface area contributed by atoms with Crippen molar-refractivity contribution in [3.8, 4) is 5.69 Å². The molecule has 1 aromatic carbocycles. The number of alkyl halides is 3. The molecule has 2 aromatic heterocycles. The Bertz CT molecular complexity index is 943. The second-order valence-corrected chi connectivity index (χ2v) is 5.80. The normalized spacial score (nSPS) is 11.6. The number of hydrogen-bond acceptors (Lipinski definition) is 3. The molecule has 27 heavy (non-hydrogen) atoms. The molecule has 3 rings (SSSR count). The second-order valence-electron chi connectivity index (χ2n) is 5.80. The summed E-state index contributed by atoms with van der Waals surface area (Å²) in [4.78, 5) is 12.0. The number of aryl methyl sites for hydroxylation is 1. The van der Waals surface area contributed by atoms with Gasteiger partial charge in [-0.25, -0.2) is 9.07 Å². The van der Waals surface area contributed by atoms with Crippen LogP contribution in [0.3, 0.4) is 0 Å². The number of hydrogen-bond donors (Lipinski definition) is 1. The molecule has 0 saturated carbocycles. The van der Waals surface area contributed by atoms with Crippen molar-refractivity contribution in [3.05, 3.63) is 65.5 Å². The van der Waals surface area contributed by atoms with Gasteiger partial charge in [-0.05, 0) is 30.3 Å². The van der Waals surface area contributed by atoms with Crippen LogP contribution in [0, 0.1) is 5.82 Å². The maximum Gasteiger partial charge on any atom is 0.435 e. The molecule has 142 valence electrons. The van der Waals surface area contributed by atoms with E-state index in [0.717, 1.165) is 10.9 Å². The number of carbonyl (C=O) groups excluding carboxylic acids is 1. The Morgan fingerprint density at radius 1 is 1.15 bits per heavy atom. The molecule has 1 amide bonds. The molecule has 0 spiro atoms. The molecule has 6 nitrogen and oxygen atoms in total. The number of rotatable bonds is 5. The average molecular weight is 381 g/mol. The first-order valence-electron chi connectivity index (χ1n) is 7.93. The topological polar surface area (TPSA) is 64.7 Å². The van der Waals surface area contributed by atoms with E-state index in [1.807, 2.05) is 0 Å². The zero-order valence-corrected chi connectivity index (χ0v) is 14.2. The Kier molecular flexibility index (Phi) is 4.98. The summed E-state index contributed by atoms with van der Waals surface area (Å²) >= 11 is 0. The SMILES string of the molecule is Cn1cc(C(=O)NCCc2ccn(-c3ccc(F)cc3)n2)c(C(F)(F)F)n1. The third-order valence-electron chi connectivity index (χ3n) is 3.74. The highest BCUT2D eigenvalue weighted by molar-refractivity contribution is 5.95. The van der Waals surface area contributed by atoms with E-state index < -0.39 is 23.3 Å². The summed E-state index contributed by atoms with van der Waals surface area (Å²) in [5.41, 5.74) is -0.455. The van der Waals surface area contributed by atoms with Gasteiger partial charge >= 0.3 is 6.18 Å².